The molecular formula is C12H13F2NO. The Labute approximate surface area is 92.9 Å². The molecule has 16 heavy (non-hydrogen) atoms. The minimum Gasteiger partial charge on any atom is -0.333 e. The van der Waals surface area contributed by atoms with E-state index in [1.165, 1.54) is 4.90 Å². The molecule has 0 N–H and O–H groups in total. The van der Waals surface area contributed by atoms with Gasteiger partial charge in [-0.2, -0.15) is 8.78 Å². The van der Waals surface area contributed by atoms with Gasteiger partial charge in [-0.15, -0.1) is 0 Å². The Morgan fingerprint density at radius 2 is 1.94 bits per heavy atom. The molecular weight excluding hydrogens is 212 g/mol. The highest BCUT2D eigenvalue weighted by Gasteiger charge is 2.25. The van der Waals surface area contributed by atoms with Gasteiger partial charge in [-0.1, -0.05) is 24.3 Å². The fraction of sp³-hybridized carbons (Fsp3) is 0.417. The van der Waals surface area contributed by atoms with E-state index in [1.807, 2.05) is 24.3 Å². The van der Waals surface area contributed by atoms with Crippen molar-refractivity contribution in [2.75, 3.05) is 6.54 Å². The van der Waals surface area contributed by atoms with Crippen LogP contribution in [-0.4, -0.2) is 23.8 Å². The molecule has 0 atom stereocenters. The van der Waals surface area contributed by atoms with Crippen LogP contribution in [0.3, 0.4) is 0 Å². The van der Waals surface area contributed by atoms with Crippen LogP contribution in [0.2, 0.25) is 0 Å². The summed E-state index contributed by atoms with van der Waals surface area (Å²) in [6.07, 6.45) is -1.30. The highest BCUT2D eigenvalue weighted by atomic mass is 19.3. The van der Waals surface area contributed by atoms with E-state index in [2.05, 4.69) is 0 Å². The number of fused-ring (bicyclic) bond motifs is 1. The number of halogens is 2. The number of benzene rings is 1. The molecule has 1 aliphatic heterocycles. The van der Waals surface area contributed by atoms with Crippen molar-refractivity contribution in [1.82, 2.24) is 4.90 Å². The molecule has 4 heteroatoms. The minimum absolute atomic E-state index is 0.305. The monoisotopic (exact) mass is 225 g/mol. The lowest BCUT2D eigenvalue weighted by molar-refractivity contribution is -0.143. The Balaban J connectivity index is 2.20. The van der Waals surface area contributed by atoms with Crippen LogP contribution in [0.15, 0.2) is 24.3 Å². The van der Waals surface area contributed by atoms with Crippen molar-refractivity contribution in [3.8, 4) is 0 Å². The lowest BCUT2D eigenvalue weighted by Gasteiger charge is -2.20. The van der Waals surface area contributed by atoms with Gasteiger partial charge < -0.3 is 4.90 Å². The second-order valence-corrected chi connectivity index (χ2v) is 3.93. The van der Waals surface area contributed by atoms with Gasteiger partial charge in [0.1, 0.15) is 0 Å². The largest absolute Gasteiger partial charge is 0.333 e. The minimum atomic E-state index is -2.90. The summed E-state index contributed by atoms with van der Waals surface area (Å²) in [4.78, 5) is 12.5. The highest BCUT2D eigenvalue weighted by molar-refractivity contribution is 5.79. The Morgan fingerprint density at radius 3 is 2.62 bits per heavy atom. The lowest BCUT2D eigenvalue weighted by Crippen LogP contribution is -2.35. The Bertz CT molecular complexity index is 392. The molecule has 2 rings (SSSR count). The maximum atomic E-state index is 12.3. The van der Waals surface area contributed by atoms with E-state index in [1.54, 1.807) is 0 Å². The first-order valence-corrected chi connectivity index (χ1v) is 5.32. The second-order valence-electron chi connectivity index (χ2n) is 3.93. The third kappa shape index (κ3) is 2.21. The smallest absolute Gasteiger partial charge is 0.315 e. The van der Waals surface area contributed by atoms with Crippen LogP contribution in [-0.2, 0) is 17.8 Å². The number of nitrogens with zero attached hydrogens (tertiary/aromatic N) is 1. The third-order valence-corrected chi connectivity index (χ3v) is 2.85. The molecule has 0 unspecified atom stereocenters. The zero-order valence-electron chi connectivity index (χ0n) is 8.83. The van der Waals surface area contributed by atoms with E-state index in [4.69, 9.17) is 0 Å². The number of hydrogen-bond acceptors (Lipinski definition) is 1. The first kappa shape index (κ1) is 11.0. The number of rotatable bonds is 1. The average Bonchev–Trinajstić information content (AvgIpc) is 2.49. The van der Waals surface area contributed by atoms with Gasteiger partial charge in [-0.25, -0.2) is 0 Å². The molecule has 0 radical (unpaired) electrons. The van der Waals surface area contributed by atoms with E-state index in [0.717, 1.165) is 24.0 Å². The molecule has 1 amide bonds. The van der Waals surface area contributed by atoms with Crippen molar-refractivity contribution in [3.63, 3.8) is 0 Å². The molecule has 0 saturated carbocycles. The molecule has 0 fully saturated rings. The number of aryl methyl sites for hydroxylation is 1. The van der Waals surface area contributed by atoms with Gasteiger partial charge in [0.05, 0.1) is 0 Å². The first-order valence-electron chi connectivity index (χ1n) is 5.32. The maximum absolute atomic E-state index is 12.3. The van der Waals surface area contributed by atoms with E-state index in [-0.39, 0.29) is 0 Å². The molecule has 0 aliphatic carbocycles. The number of amides is 1. The van der Waals surface area contributed by atoms with E-state index >= 15 is 0 Å². The standard InChI is InChI=1S/C12H13F2NO/c13-11(14)12(16)15-7-3-6-9-4-1-2-5-10(9)8-15/h1-2,4-5,11H,3,6-8H2. The molecule has 1 aliphatic rings. The second kappa shape index (κ2) is 4.60. The highest BCUT2D eigenvalue weighted by Crippen LogP contribution is 2.19. The SMILES string of the molecule is O=C(C(F)F)N1CCCc2ccccc2C1. The van der Waals surface area contributed by atoms with E-state index < -0.39 is 12.3 Å². The summed E-state index contributed by atoms with van der Waals surface area (Å²) in [6, 6.07) is 7.69. The molecule has 0 saturated heterocycles. The van der Waals surface area contributed by atoms with Gasteiger partial charge in [-0.05, 0) is 24.0 Å². The predicted octanol–water partition coefficient (Wildman–Crippen LogP) is 2.23. The zero-order chi connectivity index (χ0) is 11.5. The van der Waals surface area contributed by atoms with Gasteiger partial charge >= 0.3 is 6.43 Å². The van der Waals surface area contributed by atoms with Gasteiger partial charge in [0.2, 0.25) is 0 Å². The Kier molecular flexibility index (Phi) is 3.17. The molecule has 2 nitrogen and oxygen atoms in total. The lowest BCUT2D eigenvalue weighted by atomic mass is 10.0. The van der Waals surface area contributed by atoms with Gasteiger partial charge in [0, 0.05) is 13.1 Å². The summed E-state index contributed by atoms with van der Waals surface area (Å²) in [6.45, 7) is 0.719. The van der Waals surface area contributed by atoms with Crippen LogP contribution in [0.4, 0.5) is 8.78 Å². The summed E-state index contributed by atoms with van der Waals surface area (Å²) in [5, 5.41) is 0. The van der Waals surface area contributed by atoms with E-state index in [9.17, 15) is 13.6 Å². The summed E-state index contributed by atoms with van der Waals surface area (Å²) in [7, 11) is 0. The summed E-state index contributed by atoms with van der Waals surface area (Å²) in [5.74, 6) is -1.06. The average molecular weight is 225 g/mol. The number of hydrogen-bond donors (Lipinski definition) is 0. The van der Waals surface area contributed by atoms with Crippen LogP contribution in [0.1, 0.15) is 17.5 Å². The molecule has 0 aromatic heterocycles. The molecule has 0 spiro atoms. The summed E-state index contributed by atoms with van der Waals surface area (Å²) >= 11 is 0. The fourth-order valence-electron chi connectivity index (χ4n) is 2.03. The van der Waals surface area contributed by atoms with Crippen molar-refractivity contribution in [2.45, 2.75) is 25.8 Å². The molecule has 1 heterocycles. The molecule has 1 aromatic carbocycles. The fourth-order valence-corrected chi connectivity index (χ4v) is 2.03. The summed E-state index contributed by atoms with van der Waals surface area (Å²) < 4.78 is 24.7. The van der Waals surface area contributed by atoms with Gasteiger partial charge in [-0.3, -0.25) is 4.79 Å². The van der Waals surface area contributed by atoms with Crippen LogP contribution in [0, 0.1) is 0 Å². The normalized spacial score (nSPS) is 15.8. The van der Waals surface area contributed by atoms with Crippen molar-refractivity contribution >= 4 is 5.91 Å². The summed E-state index contributed by atoms with van der Waals surface area (Å²) in [5.41, 5.74) is 2.14. The number of alkyl halides is 2. The predicted molar refractivity (Wildman–Crippen MR) is 56.2 cm³/mol. The molecule has 0 bridgehead atoms. The topological polar surface area (TPSA) is 20.3 Å². The van der Waals surface area contributed by atoms with Gasteiger partial charge in [0.25, 0.3) is 5.91 Å². The van der Waals surface area contributed by atoms with Crippen LogP contribution in [0.25, 0.3) is 0 Å². The van der Waals surface area contributed by atoms with Crippen LogP contribution >= 0.6 is 0 Å². The number of carbonyl (C=O) groups excluding carboxylic acids is 1. The maximum Gasteiger partial charge on any atom is 0.315 e. The van der Waals surface area contributed by atoms with Crippen molar-refractivity contribution in [3.05, 3.63) is 35.4 Å². The van der Waals surface area contributed by atoms with Crippen molar-refractivity contribution in [1.29, 1.82) is 0 Å². The number of carbonyl (C=O) groups is 1. The van der Waals surface area contributed by atoms with Crippen LogP contribution in [0.5, 0.6) is 0 Å². The first-order chi connectivity index (χ1) is 7.68. The Hall–Kier alpha value is -1.45. The van der Waals surface area contributed by atoms with Crippen molar-refractivity contribution < 1.29 is 13.6 Å². The van der Waals surface area contributed by atoms with Crippen LogP contribution < -0.4 is 0 Å². The zero-order valence-corrected chi connectivity index (χ0v) is 8.83. The van der Waals surface area contributed by atoms with Gasteiger partial charge in [0.15, 0.2) is 0 Å². The van der Waals surface area contributed by atoms with E-state index in [0.29, 0.717) is 13.1 Å². The quantitative estimate of drug-likeness (QED) is 0.717. The third-order valence-electron chi connectivity index (χ3n) is 2.85. The molecule has 1 aromatic rings. The van der Waals surface area contributed by atoms with Crippen molar-refractivity contribution in [2.24, 2.45) is 0 Å². The molecule has 86 valence electrons. The Morgan fingerprint density at radius 1 is 1.25 bits per heavy atom.